The van der Waals surface area contributed by atoms with Crippen LogP contribution in [0.4, 0.5) is 14.9 Å². The van der Waals surface area contributed by atoms with Crippen molar-refractivity contribution in [3.8, 4) is 0 Å². The number of carbonyl (C=O) groups is 1. The van der Waals surface area contributed by atoms with Crippen LogP contribution in [-0.4, -0.2) is 18.6 Å². The smallest absolute Gasteiger partial charge is 0.322 e. The highest BCUT2D eigenvalue weighted by atomic mass is 19.1. The van der Waals surface area contributed by atoms with Crippen LogP contribution in [0.25, 0.3) is 0 Å². The first-order valence-corrected chi connectivity index (χ1v) is 7.04. The molecule has 4 heteroatoms. The Balaban J connectivity index is 2.02. The molecule has 0 saturated heterocycles. The van der Waals surface area contributed by atoms with Gasteiger partial charge in [-0.3, -0.25) is 4.90 Å². The van der Waals surface area contributed by atoms with E-state index in [0.717, 1.165) is 12.8 Å². The van der Waals surface area contributed by atoms with E-state index >= 15 is 0 Å². The lowest BCUT2D eigenvalue weighted by atomic mass is 9.96. The number of hydrogen-bond donors (Lipinski definition) is 1. The number of benzene rings is 1. The van der Waals surface area contributed by atoms with Crippen molar-refractivity contribution in [3.63, 3.8) is 0 Å². The fourth-order valence-electron chi connectivity index (χ4n) is 2.59. The van der Waals surface area contributed by atoms with E-state index in [-0.39, 0.29) is 17.9 Å². The van der Waals surface area contributed by atoms with Crippen LogP contribution in [0.3, 0.4) is 0 Å². The summed E-state index contributed by atoms with van der Waals surface area (Å²) in [5.41, 5.74) is 0.607. The second-order valence-corrected chi connectivity index (χ2v) is 5.01. The van der Waals surface area contributed by atoms with E-state index < -0.39 is 0 Å². The lowest BCUT2D eigenvalue weighted by Crippen LogP contribution is -2.45. The average Bonchev–Trinajstić information content (AvgIpc) is 2.41. The molecule has 1 aromatic rings. The Labute approximate surface area is 113 Å². The summed E-state index contributed by atoms with van der Waals surface area (Å²) in [6, 6.07) is 6.30. The van der Waals surface area contributed by atoms with Crippen molar-refractivity contribution >= 4 is 11.7 Å². The summed E-state index contributed by atoms with van der Waals surface area (Å²) < 4.78 is 13.2. The van der Waals surface area contributed by atoms with E-state index in [9.17, 15) is 9.18 Å². The third kappa shape index (κ3) is 3.69. The normalized spacial score (nSPS) is 16.1. The Morgan fingerprint density at radius 1 is 1.37 bits per heavy atom. The van der Waals surface area contributed by atoms with Crippen molar-refractivity contribution in [1.82, 2.24) is 5.32 Å². The number of amides is 2. The molecule has 0 atom stereocenters. The molecule has 1 N–H and O–H groups in total. The van der Waals surface area contributed by atoms with Crippen LogP contribution < -0.4 is 10.2 Å². The lowest BCUT2D eigenvalue weighted by molar-refractivity contribution is 0.238. The van der Waals surface area contributed by atoms with Gasteiger partial charge < -0.3 is 5.32 Å². The maximum absolute atomic E-state index is 13.2. The fraction of sp³-hybridized carbons (Fsp3) is 0.533. The van der Waals surface area contributed by atoms with Gasteiger partial charge in [-0.25, -0.2) is 9.18 Å². The number of carbonyl (C=O) groups excluding carboxylic acids is 1. The predicted octanol–water partition coefficient (Wildman–Crippen LogP) is 3.69. The maximum Gasteiger partial charge on any atom is 0.322 e. The first kappa shape index (κ1) is 13.8. The van der Waals surface area contributed by atoms with Crippen molar-refractivity contribution in [1.29, 1.82) is 0 Å². The molecule has 104 valence electrons. The van der Waals surface area contributed by atoms with Gasteiger partial charge in [-0.1, -0.05) is 25.3 Å². The van der Waals surface area contributed by atoms with Crippen LogP contribution in [0.2, 0.25) is 0 Å². The second-order valence-electron chi connectivity index (χ2n) is 5.01. The van der Waals surface area contributed by atoms with E-state index in [1.807, 2.05) is 6.92 Å². The van der Waals surface area contributed by atoms with Crippen molar-refractivity contribution < 1.29 is 9.18 Å². The molecule has 0 unspecified atom stereocenters. The predicted molar refractivity (Wildman–Crippen MR) is 74.8 cm³/mol. The Hall–Kier alpha value is -1.58. The molecular weight excluding hydrogens is 243 g/mol. The first-order valence-electron chi connectivity index (χ1n) is 7.04. The van der Waals surface area contributed by atoms with Crippen LogP contribution in [-0.2, 0) is 0 Å². The highest BCUT2D eigenvalue weighted by molar-refractivity contribution is 5.92. The average molecular weight is 264 g/mol. The molecule has 1 fully saturated rings. The Kier molecular flexibility index (Phi) is 4.77. The molecule has 0 spiro atoms. The van der Waals surface area contributed by atoms with Gasteiger partial charge in [0.15, 0.2) is 0 Å². The zero-order valence-corrected chi connectivity index (χ0v) is 11.4. The highest BCUT2D eigenvalue weighted by Crippen LogP contribution is 2.19. The molecule has 0 heterocycles. The zero-order chi connectivity index (χ0) is 13.7. The zero-order valence-electron chi connectivity index (χ0n) is 11.4. The molecule has 0 aromatic heterocycles. The number of urea groups is 1. The number of nitrogens with zero attached hydrogens (tertiary/aromatic N) is 1. The summed E-state index contributed by atoms with van der Waals surface area (Å²) in [5, 5.41) is 3.05. The molecule has 0 radical (unpaired) electrons. The minimum absolute atomic E-state index is 0.125. The summed E-state index contributed by atoms with van der Waals surface area (Å²) in [4.78, 5) is 13.8. The van der Waals surface area contributed by atoms with Crippen LogP contribution in [0, 0.1) is 5.82 Å². The Morgan fingerprint density at radius 2 is 2.11 bits per heavy atom. The molecule has 2 rings (SSSR count). The van der Waals surface area contributed by atoms with E-state index in [0.29, 0.717) is 12.2 Å². The molecular formula is C15H21FN2O. The molecule has 3 nitrogen and oxygen atoms in total. The monoisotopic (exact) mass is 264 g/mol. The quantitative estimate of drug-likeness (QED) is 0.887. The number of nitrogens with one attached hydrogen (secondary N) is 1. The van der Waals surface area contributed by atoms with Crippen molar-refractivity contribution in [2.75, 3.05) is 11.4 Å². The van der Waals surface area contributed by atoms with Gasteiger partial charge in [-0.15, -0.1) is 0 Å². The van der Waals surface area contributed by atoms with Gasteiger partial charge in [-0.05, 0) is 38.0 Å². The molecule has 1 aromatic carbocycles. The third-order valence-electron chi connectivity index (χ3n) is 3.61. The standard InChI is InChI=1S/C15H21FN2O/c1-2-18(14-10-6-7-12(16)11-14)15(19)17-13-8-4-3-5-9-13/h6-7,10-11,13H,2-5,8-9H2,1H3,(H,17,19). The molecule has 1 saturated carbocycles. The van der Waals surface area contributed by atoms with Crippen LogP contribution >= 0.6 is 0 Å². The number of hydrogen-bond acceptors (Lipinski definition) is 1. The van der Waals surface area contributed by atoms with Gasteiger partial charge in [0, 0.05) is 18.3 Å². The molecule has 0 aliphatic heterocycles. The molecule has 1 aliphatic rings. The van der Waals surface area contributed by atoms with Crippen molar-refractivity contribution in [2.24, 2.45) is 0 Å². The minimum Gasteiger partial charge on any atom is -0.335 e. The van der Waals surface area contributed by atoms with Crippen molar-refractivity contribution in [3.05, 3.63) is 30.1 Å². The van der Waals surface area contributed by atoms with Gasteiger partial charge in [-0.2, -0.15) is 0 Å². The van der Waals surface area contributed by atoms with Gasteiger partial charge >= 0.3 is 6.03 Å². The van der Waals surface area contributed by atoms with Crippen molar-refractivity contribution in [2.45, 2.75) is 45.1 Å². The minimum atomic E-state index is -0.318. The summed E-state index contributed by atoms with van der Waals surface area (Å²) in [5.74, 6) is -0.318. The van der Waals surface area contributed by atoms with E-state index in [4.69, 9.17) is 0 Å². The largest absolute Gasteiger partial charge is 0.335 e. The molecule has 19 heavy (non-hydrogen) atoms. The fourth-order valence-corrected chi connectivity index (χ4v) is 2.59. The summed E-state index contributed by atoms with van der Waals surface area (Å²) >= 11 is 0. The van der Waals surface area contributed by atoms with Crippen LogP contribution in [0.15, 0.2) is 24.3 Å². The Bertz CT molecular complexity index is 430. The van der Waals surface area contributed by atoms with E-state index in [2.05, 4.69) is 5.32 Å². The van der Waals surface area contributed by atoms with Gasteiger partial charge in [0.05, 0.1) is 0 Å². The molecule has 0 bridgehead atoms. The number of anilines is 1. The molecule has 2 amide bonds. The number of halogens is 1. The van der Waals surface area contributed by atoms with Crippen LogP contribution in [0.5, 0.6) is 0 Å². The first-order chi connectivity index (χ1) is 9.20. The maximum atomic E-state index is 13.2. The SMILES string of the molecule is CCN(C(=O)NC1CCCCC1)c1cccc(F)c1. The highest BCUT2D eigenvalue weighted by Gasteiger charge is 2.20. The van der Waals surface area contributed by atoms with Gasteiger partial charge in [0.1, 0.15) is 5.82 Å². The molecule has 1 aliphatic carbocycles. The third-order valence-corrected chi connectivity index (χ3v) is 3.61. The van der Waals surface area contributed by atoms with Gasteiger partial charge in [0.2, 0.25) is 0 Å². The summed E-state index contributed by atoms with van der Waals surface area (Å²) in [6.07, 6.45) is 5.71. The van der Waals surface area contributed by atoms with E-state index in [1.165, 1.54) is 31.4 Å². The van der Waals surface area contributed by atoms with Gasteiger partial charge in [0.25, 0.3) is 0 Å². The Morgan fingerprint density at radius 3 is 2.74 bits per heavy atom. The second kappa shape index (κ2) is 6.55. The number of rotatable bonds is 3. The van der Waals surface area contributed by atoms with E-state index in [1.54, 1.807) is 17.0 Å². The summed E-state index contributed by atoms with van der Waals surface area (Å²) in [7, 11) is 0. The van der Waals surface area contributed by atoms with Crippen LogP contribution in [0.1, 0.15) is 39.0 Å². The summed E-state index contributed by atoms with van der Waals surface area (Å²) in [6.45, 7) is 2.42. The lowest BCUT2D eigenvalue weighted by Gasteiger charge is -2.27. The topological polar surface area (TPSA) is 32.3 Å².